The number of rotatable bonds is 8. The quantitative estimate of drug-likeness (QED) is 0.447. The van der Waals surface area contributed by atoms with E-state index >= 15 is 0 Å². The summed E-state index contributed by atoms with van der Waals surface area (Å²) in [6, 6.07) is 13.6. The lowest BCUT2D eigenvalue weighted by Crippen LogP contribution is -2.26. The first-order valence-electron chi connectivity index (χ1n) is 10.1. The Morgan fingerprint density at radius 3 is 2.06 bits per heavy atom. The second-order valence-electron chi connectivity index (χ2n) is 8.25. The molecule has 2 aromatic rings. The highest BCUT2D eigenvalue weighted by Gasteiger charge is 2.24. The number of carbonyl (C=O) groups is 4. The molecule has 0 aliphatic carbocycles. The topological polar surface area (TPSA) is 102 Å². The first-order chi connectivity index (χ1) is 15.0. The molecule has 2 amide bonds. The smallest absolute Gasteiger partial charge is 0.339 e. The van der Waals surface area contributed by atoms with Gasteiger partial charge in [-0.25, -0.2) is 4.79 Å². The van der Waals surface area contributed by atoms with Crippen molar-refractivity contribution < 1.29 is 23.9 Å². The molecule has 8 heteroatoms. The number of amides is 2. The molecule has 0 bridgehead atoms. The van der Waals surface area contributed by atoms with E-state index in [4.69, 9.17) is 4.74 Å². The number of anilines is 2. The van der Waals surface area contributed by atoms with E-state index < -0.39 is 16.6 Å². The Morgan fingerprint density at radius 1 is 0.938 bits per heavy atom. The summed E-state index contributed by atoms with van der Waals surface area (Å²) in [7, 11) is 0. The number of carbonyl (C=O) groups excluding carboxylic acids is 4. The van der Waals surface area contributed by atoms with Crippen LogP contribution in [0.25, 0.3) is 0 Å². The molecular weight excluding hydrogens is 428 g/mol. The minimum atomic E-state index is -0.605. The van der Waals surface area contributed by atoms with Gasteiger partial charge in [0.25, 0.3) is 0 Å². The van der Waals surface area contributed by atoms with E-state index in [1.165, 1.54) is 18.7 Å². The van der Waals surface area contributed by atoms with Gasteiger partial charge in [0.1, 0.15) is 0 Å². The summed E-state index contributed by atoms with van der Waals surface area (Å²) < 4.78 is 5.20. The third kappa shape index (κ3) is 7.53. The van der Waals surface area contributed by atoms with Gasteiger partial charge < -0.3 is 15.4 Å². The molecule has 170 valence electrons. The normalized spacial score (nSPS) is 11.9. The molecule has 2 rings (SSSR count). The number of Topliss-reactive ketones (excluding diaryl/α,β-unsaturated/α-hetero) is 1. The summed E-state index contributed by atoms with van der Waals surface area (Å²) in [4.78, 5) is 48.9. The van der Waals surface area contributed by atoms with Gasteiger partial charge in [-0.3, -0.25) is 14.4 Å². The van der Waals surface area contributed by atoms with Gasteiger partial charge in [-0.05, 0) is 43.3 Å². The third-order valence-electron chi connectivity index (χ3n) is 4.42. The lowest BCUT2D eigenvalue weighted by atomic mass is 9.91. The largest absolute Gasteiger partial charge is 0.454 e. The Hall–Kier alpha value is -3.13. The van der Waals surface area contributed by atoms with E-state index in [2.05, 4.69) is 10.6 Å². The highest BCUT2D eigenvalue weighted by molar-refractivity contribution is 8.00. The number of benzene rings is 2. The van der Waals surface area contributed by atoms with Gasteiger partial charge >= 0.3 is 5.97 Å². The van der Waals surface area contributed by atoms with Crippen molar-refractivity contribution in [2.45, 2.75) is 44.8 Å². The van der Waals surface area contributed by atoms with Crippen LogP contribution in [0.15, 0.2) is 53.4 Å². The lowest BCUT2D eigenvalue weighted by Gasteiger charge is -2.17. The van der Waals surface area contributed by atoms with Crippen molar-refractivity contribution in [3.63, 3.8) is 0 Å². The molecule has 32 heavy (non-hydrogen) atoms. The third-order valence-corrected chi connectivity index (χ3v) is 5.60. The average molecular weight is 457 g/mol. The number of hydrogen-bond donors (Lipinski definition) is 2. The van der Waals surface area contributed by atoms with Crippen molar-refractivity contribution in [2.24, 2.45) is 5.41 Å². The second-order valence-corrected chi connectivity index (χ2v) is 9.64. The lowest BCUT2D eigenvalue weighted by molar-refractivity contribution is -0.129. The van der Waals surface area contributed by atoms with Gasteiger partial charge in [0, 0.05) is 28.6 Å². The van der Waals surface area contributed by atoms with Crippen LogP contribution in [0, 0.1) is 5.41 Å². The number of ether oxygens (including phenoxy) is 1. The van der Waals surface area contributed by atoms with Crippen LogP contribution in [0.1, 0.15) is 45.0 Å². The maximum Gasteiger partial charge on any atom is 0.339 e. The fourth-order valence-electron chi connectivity index (χ4n) is 2.49. The van der Waals surface area contributed by atoms with E-state index in [9.17, 15) is 19.2 Å². The maximum atomic E-state index is 12.6. The molecule has 0 fully saturated rings. The zero-order valence-corrected chi connectivity index (χ0v) is 19.7. The Labute approximate surface area is 192 Å². The standard InChI is InChI=1S/C24H28N2O5S/c1-15(22(29)26-18-12-10-17(11-13-18)25-16(2)27)32-20-9-7-6-8-19(20)23(30)31-14-21(28)24(3,4)5/h6-13,15H,14H2,1-5H3,(H,25,27)(H,26,29). The van der Waals surface area contributed by atoms with Gasteiger partial charge in [-0.2, -0.15) is 0 Å². The average Bonchev–Trinajstić information content (AvgIpc) is 2.72. The summed E-state index contributed by atoms with van der Waals surface area (Å²) in [5.41, 5.74) is 0.931. The van der Waals surface area contributed by atoms with Crippen molar-refractivity contribution >= 4 is 46.7 Å². The molecule has 0 aliphatic heterocycles. The van der Waals surface area contributed by atoms with Crippen LogP contribution in [-0.2, 0) is 19.1 Å². The van der Waals surface area contributed by atoms with Crippen molar-refractivity contribution in [1.82, 2.24) is 0 Å². The Kier molecular flexibility index (Phi) is 8.60. The second kappa shape index (κ2) is 10.9. The van der Waals surface area contributed by atoms with E-state index in [0.29, 0.717) is 21.8 Å². The summed E-state index contributed by atoms with van der Waals surface area (Å²) in [5, 5.41) is 4.97. The van der Waals surface area contributed by atoms with E-state index in [-0.39, 0.29) is 24.2 Å². The minimum absolute atomic E-state index is 0.173. The van der Waals surface area contributed by atoms with Crippen molar-refractivity contribution in [2.75, 3.05) is 17.2 Å². The van der Waals surface area contributed by atoms with Crippen LogP contribution in [-0.4, -0.2) is 35.4 Å². The summed E-state index contributed by atoms with van der Waals surface area (Å²) in [6.45, 7) is 8.15. The fourth-order valence-corrected chi connectivity index (χ4v) is 3.47. The summed E-state index contributed by atoms with van der Waals surface area (Å²) in [6.07, 6.45) is 0. The van der Waals surface area contributed by atoms with Crippen LogP contribution in [0.4, 0.5) is 11.4 Å². The first kappa shape index (κ1) is 25.1. The van der Waals surface area contributed by atoms with Crippen molar-refractivity contribution in [1.29, 1.82) is 0 Å². The summed E-state index contributed by atoms with van der Waals surface area (Å²) in [5.74, 6) is -1.19. The molecule has 0 saturated carbocycles. The Balaban J connectivity index is 2.01. The molecule has 2 N–H and O–H groups in total. The van der Waals surface area contributed by atoms with Gasteiger partial charge in [-0.1, -0.05) is 32.9 Å². The summed E-state index contributed by atoms with van der Waals surface area (Å²) >= 11 is 1.22. The molecule has 0 aromatic heterocycles. The highest BCUT2D eigenvalue weighted by Crippen LogP contribution is 2.28. The molecule has 0 radical (unpaired) electrons. The van der Waals surface area contributed by atoms with Gasteiger partial charge in [0.05, 0.1) is 10.8 Å². The zero-order chi connectivity index (χ0) is 23.9. The molecule has 1 unspecified atom stereocenters. The number of thioether (sulfide) groups is 1. The number of nitrogens with one attached hydrogen (secondary N) is 2. The van der Waals surface area contributed by atoms with Gasteiger partial charge in [0.2, 0.25) is 11.8 Å². The molecule has 0 heterocycles. The molecule has 0 aliphatic rings. The number of hydrogen-bond acceptors (Lipinski definition) is 6. The van der Waals surface area contributed by atoms with Crippen molar-refractivity contribution in [3.8, 4) is 0 Å². The number of esters is 1. The van der Waals surface area contributed by atoms with Crippen LogP contribution < -0.4 is 10.6 Å². The van der Waals surface area contributed by atoms with E-state index in [1.54, 1.807) is 76.2 Å². The number of ketones is 1. The monoisotopic (exact) mass is 456 g/mol. The van der Waals surface area contributed by atoms with Crippen LogP contribution >= 0.6 is 11.8 Å². The molecule has 0 saturated heterocycles. The first-order valence-corrected chi connectivity index (χ1v) is 11.0. The molecule has 1 atom stereocenters. The van der Waals surface area contributed by atoms with E-state index in [1.807, 2.05) is 0 Å². The Morgan fingerprint density at radius 2 is 1.50 bits per heavy atom. The Bertz CT molecular complexity index is 996. The molecule has 7 nitrogen and oxygen atoms in total. The molecular formula is C24H28N2O5S. The maximum absolute atomic E-state index is 12.6. The highest BCUT2D eigenvalue weighted by atomic mass is 32.2. The minimum Gasteiger partial charge on any atom is -0.454 e. The van der Waals surface area contributed by atoms with Crippen molar-refractivity contribution in [3.05, 3.63) is 54.1 Å². The van der Waals surface area contributed by atoms with Crippen LogP contribution in [0.5, 0.6) is 0 Å². The van der Waals surface area contributed by atoms with Gasteiger partial charge in [-0.15, -0.1) is 11.8 Å². The molecule has 0 spiro atoms. The fraction of sp³-hybridized carbons (Fsp3) is 0.333. The zero-order valence-electron chi connectivity index (χ0n) is 18.9. The predicted octanol–water partition coefficient (Wildman–Crippen LogP) is 4.54. The van der Waals surface area contributed by atoms with Crippen LogP contribution in [0.3, 0.4) is 0 Å². The van der Waals surface area contributed by atoms with E-state index in [0.717, 1.165) is 0 Å². The molecule has 2 aromatic carbocycles. The van der Waals surface area contributed by atoms with Gasteiger partial charge in [0.15, 0.2) is 12.4 Å². The SMILES string of the molecule is CC(=O)Nc1ccc(NC(=O)C(C)Sc2ccccc2C(=O)OCC(=O)C(C)(C)C)cc1. The van der Waals surface area contributed by atoms with Crippen LogP contribution in [0.2, 0.25) is 0 Å². The predicted molar refractivity (Wildman–Crippen MR) is 126 cm³/mol.